The highest BCUT2D eigenvalue weighted by atomic mass is 35.5. The zero-order chi connectivity index (χ0) is 22.7. The van der Waals surface area contributed by atoms with Crippen molar-refractivity contribution in [3.05, 3.63) is 28.2 Å². The highest BCUT2D eigenvalue weighted by Crippen LogP contribution is 2.30. The second-order valence-corrected chi connectivity index (χ2v) is 9.70. The molecule has 1 saturated carbocycles. The van der Waals surface area contributed by atoms with Crippen LogP contribution >= 0.6 is 23.2 Å². The van der Waals surface area contributed by atoms with Crippen LogP contribution in [0.25, 0.3) is 0 Å². The van der Waals surface area contributed by atoms with Crippen LogP contribution in [0.15, 0.2) is 18.2 Å². The SMILES string of the molecule is O=C(C[C@@H]1CC[C@H]2[C@@H](COC[C@H](O)CN2C(=O)Nc2cc(Cl)cc(Cl)c2)O1)NCC1CC1. The quantitative estimate of drug-likeness (QED) is 0.594. The number of halogens is 2. The van der Waals surface area contributed by atoms with Crippen LogP contribution < -0.4 is 10.6 Å². The average Bonchev–Trinajstić information content (AvgIpc) is 3.53. The lowest BCUT2D eigenvalue weighted by Gasteiger charge is -2.44. The molecule has 2 saturated heterocycles. The van der Waals surface area contributed by atoms with Gasteiger partial charge in [-0.1, -0.05) is 23.2 Å². The van der Waals surface area contributed by atoms with Crippen LogP contribution in [-0.2, 0) is 14.3 Å². The fourth-order valence-corrected chi connectivity index (χ4v) is 4.78. The van der Waals surface area contributed by atoms with Gasteiger partial charge in [-0.15, -0.1) is 0 Å². The summed E-state index contributed by atoms with van der Waals surface area (Å²) >= 11 is 12.1. The number of benzene rings is 1. The van der Waals surface area contributed by atoms with E-state index in [9.17, 15) is 14.7 Å². The number of nitrogens with zero attached hydrogens (tertiary/aromatic N) is 1. The van der Waals surface area contributed by atoms with Gasteiger partial charge in [-0.2, -0.15) is 0 Å². The van der Waals surface area contributed by atoms with Crippen molar-refractivity contribution in [3.63, 3.8) is 0 Å². The minimum Gasteiger partial charge on any atom is -0.389 e. The van der Waals surface area contributed by atoms with Crippen LogP contribution in [0.3, 0.4) is 0 Å². The molecule has 1 aromatic carbocycles. The second kappa shape index (κ2) is 10.6. The molecule has 0 bridgehead atoms. The summed E-state index contributed by atoms with van der Waals surface area (Å²) in [7, 11) is 0. The maximum atomic E-state index is 13.1. The lowest BCUT2D eigenvalue weighted by molar-refractivity contribution is -0.149. The molecular formula is C22H29Cl2N3O5. The predicted molar refractivity (Wildman–Crippen MR) is 121 cm³/mol. The maximum Gasteiger partial charge on any atom is 0.322 e. The van der Waals surface area contributed by atoms with E-state index in [0.29, 0.717) is 40.9 Å². The molecule has 3 amide bonds. The minimum absolute atomic E-state index is 0.00466. The molecule has 8 nitrogen and oxygen atoms in total. The first kappa shape index (κ1) is 23.6. The molecule has 3 aliphatic rings. The Balaban J connectivity index is 1.40. The van der Waals surface area contributed by atoms with E-state index in [0.717, 1.165) is 6.54 Å². The van der Waals surface area contributed by atoms with E-state index in [1.54, 1.807) is 23.1 Å². The minimum atomic E-state index is -0.810. The summed E-state index contributed by atoms with van der Waals surface area (Å²) < 4.78 is 11.8. The molecule has 3 N–H and O–H groups in total. The molecular weight excluding hydrogens is 457 g/mol. The molecule has 0 radical (unpaired) electrons. The third-order valence-electron chi connectivity index (χ3n) is 6.05. The summed E-state index contributed by atoms with van der Waals surface area (Å²) in [6, 6.07) is 4.15. The van der Waals surface area contributed by atoms with Gasteiger partial charge in [-0.05, 0) is 49.8 Å². The fourth-order valence-electron chi connectivity index (χ4n) is 4.25. The molecule has 4 atom stereocenters. The molecule has 0 aromatic heterocycles. The summed E-state index contributed by atoms with van der Waals surface area (Å²) in [4.78, 5) is 27.0. The number of amides is 3. The average molecular weight is 486 g/mol. The summed E-state index contributed by atoms with van der Waals surface area (Å²) in [5, 5.41) is 16.9. The molecule has 2 heterocycles. The Labute approximate surface area is 197 Å². The molecule has 176 valence electrons. The zero-order valence-electron chi connectivity index (χ0n) is 17.8. The fraction of sp³-hybridized carbons (Fsp3) is 0.636. The van der Waals surface area contributed by atoms with E-state index in [2.05, 4.69) is 10.6 Å². The van der Waals surface area contributed by atoms with Gasteiger partial charge in [0.05, 0.1) is 44.4 Å². The van der Waals surface area contributed by atoms with Crippen molar-refractivity contribution in [2.45, 2.75) is 56.5 Å². The maximum absolute atomic E-state index is 13.1. The van der Waals surface area contributed by atoms with E-state index >= 15 is 0 Å². The molecule has 0 unspecified atom stereocenters. The number of aliphatic hydroxyl groups is 1. The van der Waals surface area contributed by atoms with Crippen LogP contribution in [0.5, 0.6) is 0 Å². The van der Waals surface area contributed by atoms with E-state index < -0.39 is 6.10 Å². The summed E-state index contributed by atoms with van der Waals surface area (Å²) in [5.41, 5.74) is 0.471. The van der Waals surface area contributed by atoms with Crippen LogP contribution in [0.2, 0.25) is 10.0 Å². The number of urea groups is 1. The second-order valence-electron chi connectivity index (χ2n) is 8.82. The Kier molecular flexibility index (Phi) is 7.78. The first-order valence-corrected chi connectivity index (χ1v) is 11.8. The first-order chi connectivity index (χ1) is 15.4. The van der Waals surface area contributed by atoms with Crippen LogP contribution in [0.1, 0.15) is 32.1 Å². The number of anilines is 1. The van der Waals surface area contributed by atoms with Gasteiger partial charge >= 0.3 is 6.03 Å². The van der Waals surface area contributed by atoms with E-state index in [-0.39, 0.29) is 49.9 Å². The third-order valence-corrected chi connectivity index (χ3v) is 6.49. The Hall–Kier alpha value is -1.58. The normalized spacial score (nSPS) is 28.3. The molecule has 32 heavy (non-hydrogen) atoms. The topological polar surface area (TPSA) is 100 Å². The highest BCUT2D eigenvalue weighted by Gasteiger charge is 2.40. The summed E-state index contributed by atoms with van der Waals surface area (Å²) in [5.74, 6) is 0.623. The van der Waals surface area contributed by atoms with Gasteiger partial charge in [0.2, 0.25) is 5.91 Å². The van der Waals surface area contributed by atoms with E-state index in [1.165, 1.54) is 12.8 Å². The Morgan fingerprint density at radius 2 is 1.84 bits per heavy atom. The number of nitrogens with one attached hydrogen (secondary N) is 2. The predicted octanol–water partition coefficient (Wildman–Crippen LogP) is 3.05. The van der Waals surface area contributed by atoms with Gasteiger partial charge in [0.1, 0.15) is 6.10 Å². The highest BCUT2D eigenvalue weighted by molar-refractivity contribution is 6.35. The van der Waals surface area contributed by atoms with E-state index in [1.807, 2.05) is 0 Å². The van der Waals surface area contributed by atoms with Gasteiger partial charge in [-0.3, -0.25) is 4.79 Å². The number of rotatable bonds is 5. The van der Waals surface area contributed by atoms with Crippen molar-refractivity contribution >= 4 is 40.8 Å². The number of carbonyl (C=O) groups is 2. The molecule has 0 spiro atoms. The van der Waals surface area contributed by atoms with E-state index in [4.69, 9.17) is 32.7 Å². The summed E-state index contributed by atoms with van der Waals surface area (Å²) in [6.07, 6.45) is 2.54. The molecule has 1 aliphatic carbocycles. The molecule has 1 aromatic rings. The Bertz CT molecular complexity index is 818. The smallest absolute Gasteiger partial charge is 0.322 e. The molecule has 3 fully saturated rings. The van der Waals surface area contributed by atoms with Crippen molar-refractivity contribution in [2.24, 2.45) is 5.92 Å². The number of hydrogen-bond acceptors (Lipinski definition) is 5. The van der Waals surface area contributed by atoms with Crippen LogP contribution in [0, 0.1) is 5.92 Å². The van der Waals surface area contributed by atoms with Gasteiger partial charge in [0.25, 0.3) is 0 Å². The molecule has 2 aliphatic heterocycles. The van der Waals surface area contributed by atoms with Crippen LogP contribution in [0.4, 0.5) is 10.5 Å². The van der Waals surface area contributed by atoms with Gasteiger partial charge in [-0.25, -0.2) is 4.79 Å². The van der Waals surface area contributed by atoms with Gasteiger partial charge < -0.3 is 30.1 Å². The molecule has 4 rings (SSSR count). The third kappa shape index (κ3) is 6.48. The van der Waals surface area contributed by atoms with Crippen molar-refractivity contribution < 1.29 is 24.2 Å². The van der Waals surface area contributed by atoms with Crippen LogP contribution in [-0.4, -0.2) is 72.6 Å². The Morgan fingerprint density at radius 3 is 2.56 bits per heavy atom. The Morgan fingerprint density at radius 1 is 1.09 bits per heavy atom. The van der Waals surface area contributed by atoms with Crippen molar-refractivity contribution in [1.29, 1.82) is 0 Å². The number of carbonyl (C=O) groups excluding carboxylic acids is 2. The standard InChI is InChI=1S/C22H29Cl2N3O5/c23-14-5-15(24)7-16(6-14)26-22(30)27-10-17(28)11-31-12-20-19(27)4-3-18(32-20)8-21(29)25-9-13-1-2-13/h5-7,13,17-20,28H,1-4,8-12H2,(H,25,29)(H,26,30)/t17-,18+,19+,20-/m1/s1. The zero-order valence-corrected chi connectivity index (χ0v) is 19.3. The lowest BCUT2D eigenvalue weighted by atomic mass is 9.95. The monoisotopic (exact) mass is 485 g/mol. The number of aliphatic hydroxyl groups excluding tert-OH is 1. The van der Waals surface area contributed by atoms with Crippen molar-refractivity contribution in [1.82, 2.24) is 10.2 Å². The lowest BCUT2D eigenvalue weighted by Crippen LogP contribution is -2.58. The van der Waals surface area contributed by atoms with Gasteiger partial charge in [0, 0.05) is 22.3 Å². The van der Waals surface area contributed by atoms with Crippen molar-refractivity contribution in [2.75, 3.05) is 31.6 Å². The number of β-amino-alcohol motifs (C(OH)–C–C–N with tert-alkyl or cyclic N) is 1. The number of fused-ring (bicyclic) bond motifs is 1. The largest absolute Gasteiger partial charge is 0.389 e. The number of ether oxygens (including phenoxy) is 2. The first-order valence-electron chi connectivity index (χ1n) is 11.1. The summed E-state index contributed by atoms with van der Waals surface area (Å²) in [6.45, 7) is 1.19. The molecule has 10 heteroatoms. The van der Waals surface area contributed by atoms with Crippen molar-refractivity contribution in [3.8, 4) is 0 Å². The van der Waals surface area contributed by atoms with Gasteiger partial charge in [0.15, 0.2) is 0 Å². The number of hydrogen-bond donors (Lipinski definition) is 3.